The molecule has 0 aromatic carbocycles. The number of ether oxygens (including phenoxy) is 1. The molecule has 0 aliphatic rings. The van der Waals surface area contributed by atoms with Gasteiger partial charge in [0.1, 0.15) is 0 Å². The van der Waals surface area contributed by atoms with Crippen LogP contribution in [-0.2, 0) is 4.74 Å². The van der Waals surface area contributed by atoms with Gasteiger partial charge in [-0.05, 0) is 19.1 Å². The van der Waals surface area contributed by atoms with Crippen LogP contribution in [0.15, 0.2) is 30.6 Å². The lowest BCUT2D eigenvalue weighted by molar-refractivity contribution is 0.215. The van der Waals surface area contributed by atoms with Crippen LogP contribution in [0.4, 0.5) is 0 Å². The molecular weight excluding hydrogens is 126 g/mol. The van der Waals surface area contributed by atoms with Crippen LogP contribution in [0.5, 0.6) is 0 Å². The molecule has 0 saturated carbocycles. The standard InChI is InChI=1S/C5H5N.C3H8O/c1-2-4-6-5-3-1;1-3-4-2/h1-5H;3H2,1-2H3. The van der Waals surface area contributed by atoms with Gasteiger partial charge in [-0.25, -0.2) is 0 Å². The first kappa shape index (κ1) is 9.11. The predicted octanol–water partition coefficient (Wildman–Crippen LogP) is 1.73. The Morgan fingerprint density at radius 3 is 1.80 bits per heavy atom. The molecule has 1 aromatic heterocycles. The van der Waals surface area contributed by atoms with Gasteiger partial charge in [0.25, 0.3) is 0 Å². The first-order valence-corrected chi connectivity index (χ1v) is 3.25. The van der Waals surface area contributed by atoms with E-state index in [0.717, 1.165) is 6.61 Å². The molecule has 56 valence electrons. The number of rotatable bonds is 1. The zero-order chi connectivity index (χ0) is 7.66. The summed E-state index contributed by atoms with van der Waals surface area (Å²) in [7, 11) is 1.68. The normalized spacial score (nSPS) is 7.80. The van der Waals surface area contributed by atoms with E-state index in [1.54, 1.807) is 19.5 Å². The zero-order valence-electron chi connectivity index (χ0n) is 6.45. The van der Waals surface area contributed by atoms with Crippen LogP contribution < -0.4 is 0 Å². The van der Waals surface area contributed by atoms with Crippen molar-refractivity contribution in [3.05, 3.63) is 30.6 Å². The molecule has 1 aromatic rings. The van der Waals surface area contributed by atoms with Crippen molar-refractivity contribution in [2.24, 2.45) is 0 Å². The number of methoxy groups -OCH3 is 1. The van der Waals surface area contributed by atoms with Crippen LogP contribution in [0.2, 0.25) is 0 Å². The largest absolute Gasteiger partial charge is 0.385 e. The second kappa shape index (κ2) is 8.11. The third-order valence-electron chi connectivity index (χ3n) is 0.855. The smallest absolute Gasteiger partial charge is 0.0433 e. The minimum atomic E-state index is 0.819. The van der Waals surface area contributed by atoms with E-state index in [1.807, 2.05) is 25.1 Å². The summed E-state index contributed by atoms with van der Waals surface area (Å²) in [5.41, 5.74) is 0. The molecule has 0 fully saturated rings. The molecular formula is C8H13NO. The quantitative estimate of drug-likeness (QED) is 0.591. The SMILES string of the molecule is CCOC.c1ccncc1. The summed E-state index contributed by atoms with van der Waals surface area (Å²) in [5.74, 6) is 0. The maximum absolute atomic E-state index is 4.54. The maximum Gasteiger partial charge on any atom is 0.0433 e. The third-order valence-corrected chi connectivity index (χ3v) is 0.855. The van der Waals surface area contributed by atoms with E-state index >= 15 is 0 Å². The van der Waals surface area contributed by atoms with E-state index < -0.39 is 0 Å². The van der Waals surface area contributed by atoms with Crippen molar-refractivity contribution in [3.63, 3.8) is 0 Å². The van der Waals surface area contributed by atoms with Gasteiger partial charge >= 0.3 is 0 Å². The lowest BCUT2D eigenvalue weighted by Gasteiger charge is -1.76. The number of nitrogens with zero attached hydrogens (tertiary/aromatic N) is 1. The van der Waals surface area contributed by atoms with E-state index in [1.165, 1.54) is 0 Å². The lowest BCUT2D eigenvalue weighted by Crippen LogP contribution is -1.73. The highest BCUT2D eigenvalue weighted by Gasteiger charge is 1.58. The average Bonchev–Trinajstić information content (AvgIpc) is 2.08. The van der Waals surface area contributed by atoms with Gasteiger partial charge in [-0.15, -0.1) is 0 Å². The van der Waals surface area contributed by atoms with Crippen molar-refractivity contribution >= 4 is 0 Å². The van der Waals surface area contributed by atoms with Crippen LogP contribution in [0.25, 0.3) is 0 Å². The fraction of sp³-hybridized carbons (Fsp3) is 0.375. The Morgan fingerprint density at radius 2 is 1.70 bits per heavy atom. The maximum atomic E-state index is 4.54. The Balaban J connectivity index is 0.000000180. The van der Waals surface area contributed by atoms with E-state index in [4.69, 9.17) is 0 Å². The van der Waals surface area contributed by atoms with Crippen molar-refractivity contribution in [2.45, 2.75) is 6.92 Å². The molecule has 0 aliphatic heterocycles. The first-order chi connectivity index (χ1) is 4.91. The summed E-state index contributed by atoms with van der Waals surface area (Å²) < 4.78 is 4.54. The lowest BCUT2D eigenvalue weighted by atomic mass is 10.5. The van der Waals surface area contributed by atoms with Crippen LogP contribution in [0, 0.1) is 0 Å². The Kier molecular flexibility index (Phi) is 7.39. The van der Waals surface area contributed by atoms with Crippen molar-refractivity contribution in [1.82, 2.24) is 4.98 Å². The summed E-state index contributed by atoms with van der Waals surface area (Å²) in [4.78, 5) is 3.78. The molecule has 0 aliphatic carbocycles. The monoisotopic (exact) mass is 139 g/mol. The Bertz CT molecular complexity index is 101. The van der Waals surface area contributed by atoms with Crippen molar-refractivity contribution < 1.29 is 4.74 Å². The van der Waals surface area contributed by atoms with Gasteiger partial charge in [-0.1, -0.05) is 6.07 Å². The minimum absolute atomic E-state index is 0.819. The molecule has 0 unspecified atom stereocenters. The summed E-state index contributed by atoms with van der Waals surface area (Å²) in [6, 6.07) is 5.72. The van der Waals surface area contributed by atoms with E-state index in [2.05, 4.69) is 9.72 Å². The number of hydrogen-bond donors (Lipinski definition) is 0. The zero-order valence-corrected chi connectivity index (χ0v) is 6.45. The summed E-state index contributed by atoms with van der Waals surface area (Å²) in [6.07, 6.45) is 3.50. The number of pyridine rings is 1. The van der Waals surface area contributed by atoms with Crippen LogP contribution in [0.3, 0.4) is 0 Å². The van der Waals surface area contributed by atoms with Crippen molar-refractivity contribution in [3.8, 4) is 0 Å². The van der Waals surface area contributed by atoms with E-state index in [0.29, 0.717) is 0 Å². The second-order valence-electron chi connectivity index (χ2n) is 1.60. The molecule has 0 N–H and O–H groups in total. The molecule has 0 amide bonds. The predicted molar refractivity (Wildman–Crippen MR) is 41.8 cm³/mol. The molecule has 2 heteroatoms. The van der Waals surface area contributed by atoms with Gasteiger partial charge in [0, 0.05) is 26.1 Å². The van der Waals surface area contributed by atoms with Crippen molar-refractivity contribution in [1.29, 1.82) is 0 Å². The molecule has 0 spiro atoms. The van der Waals surface area contributed by atoms with Gasteiger partial charge in [-0.3, -0.25) is 4.98 Å². The summed E-state index contributed by atoms with van der Waals surface area (Å²) >= 11 is 0. The van der Waals surface area contributed by atoms with Gasteiger partial charge in [-0.2, -0.15) is 0 Å². The summed E-state index contributed by atoms with van der Waals surface area (Å²) in [5, 5.41) is 0. The molecule has 1 rings (SSSR count). The number of aromatic nitrogens is 1. The Labute approximate surface area is 61.9 Å². The fourth-order valence-corrected chi connectivity index (χ4v) is 0.313. The molecule has 0 radical (unpaired) electrons. The van der Waals surface area contributed by atoms with Crippen LogP contribution >= 0.6 is 0 Å². The molecule has 0 bridgehead atoms. The second-order valence-corrected chi connectivity index (χ2v) is 1.60. The highest BCUT2D eigenvalue weighted by molar-refractivity contribution is 4.88. The minimum Gasteiger partial charge on any atom is -0.385 e. The van der Waals surface area contributed by atoms with Crippen molar-refractivity contribution in [2.75, 3.05) is 13.7 Å². The molecule has 10 heavy (non-hydrogen) atoms. The highest BCUT2D eigenvalue weighted by atomic mass is 16.5. The third kappa shape index (κ3) is 7.11. The average molecular weight is 139 g/mol. The van der Waals surface area contributed by atoms with Gasteiger partial charge < -0.3 is 4.74 Å². The fourth-order valence-electron chi connectivity index (χ4n) is 0.313. The Hall–Kier alpha value is -0.890. The molecule has 0 saturated heterocycles. The highest BCUT2D eigenvalue weighted by Crippen LogP contribution is 1.73. The van der Waals surface area contributed by atoms with Gasteiger partial charge in [0.15, 0.2) is 0 Å². The van der Waals surface area contributed by atoms with E-state index in [9.17, 15) is 0 Å². The topological polar surface area (TPSA) is 22.1 Å². The molecule has 1 heterocycles. The van der Waals surface area contributed by atoms with E-state index in [-0.39, 0.29) is 0 Å². The van der Waals surface area contributed by atoms with Gasteiger partial charge in [0.05, 0.1) is 0 Å². The Morgan fingerprint density at radius 1 is 1.20 bits per heavy atom. The number of hydrogen-bond acceptors (Lipinski definition) is 2. The summed E-state index contributed by atoms with van der Waals surface area (Å²) in [6.45, 7) is 2.78. The van der Waals surface area contributed by atoms with Crippen LogP contribution in [-0.4, -0.2) is 18.7 Å². The van der Waals surface area contributed by atoms with Gasteiger partial charge in [0.2, 0.25) is 0 Å². The molecule has 2 nitrogen and oxygen atoms in total. The first-order valence-electron chi connectivity index (χ1n) is 3.25. The molecule has 0 atom stereocenters. The van der Waals surface area contributed by atoms with Crippen LogP contribution in [0.1, 0.15) is 6.92 Å².